The standard InChI is InChI=1S/C55H55FN8O9S/c1-32-34(35-18-20-46(58-49(35)54(71)72)63-23-22-33-11-9-13-36(39(33)31-63)50(67)60-55-57-41-14-6-7-16-45(41)74-55)12-10-15-44(32)73-28-8-4-2-3-5-17-48(66)62-26-24-61(25-27-62)43-30-38-37(29-40(43)56)52(69)64(53(38)70)42-19-21-47(65)59-51(42)68/h6-7,9-16,18,20,29-30,42,54,71-72H,2-5,8,17,19,21-28,31H2,1H3,(H,57,60,67)(H,59,65,68). The number of nitrogens with zero attached hydrogens (tertiary/aromatic N) is 6. The Kier molecular flexibility index (Phi) is 14.5. The van der Waals surface area contributed by atoms with E-state index in [1.54, 1.807) is 9.80 Å². The lowest BCUT2D eigenvalue weighted by Gasteiger charge is -2.36. The fraction of sp³-hybridized carbons (Fsp3) is 0.345. The van der Waals surface area contributed by atoms with Crippen molar-refractivity contribution in [3.63, 3.8) is 0 Å². The summed E-state index contributed by atoms with van der Waals surface area (Å²) in [5.74, 6) is -2.34. The second-order valence-electron chi connectivity index (χ2n) is 19.0. The number of amides is 6. The minimum Gasteiger partial charge on any atom is -0.493 e. The number of thiazole rings is 1. The highest BCUT2D eigenvalue weighted by Gasteiger charge is 2.45. The monoisotopic (exact) mass is 1020 g/mol. The van der Waals surface area contributed by atoms with Crippen LogP contribution >= 0.6 is 11.3 Å². The van der Waals surface area contributed by atoms with Crippen LogP contribution < -0.4 is 25.2 Å². The molecule has 1 unspecified atom stereocenters. The number of pyridine rings is 1. The maximum absolute atomic E-state index is 15.4. The number of ether oxygens (including phenoxy) is 1. The van der Waals surface area contributed by atoms with Crippen LogP contribution in [0.15, 0.2) is 84.9 Å². The number of nitrogens with one attached hydrogen (secondary N) is 2. The van der Waals surface area contributed by atoms with Crippen molar-refractivity contribution in [2.24, 2.45) is 0 Å². The predicted molar refractivity (Wildman–Crippen MR) is 275 cm³/mol. The van der Waals surface area contributed by atoms with Crippen molar-refractivity contribution in [2.45, 2.75) is 83.6 Å². The van der Waals surface area contributed by atoms with Gasteiger partial charge in [0.2, 0.25) is 17.7 Å². The molecule has 4 N–H and O–H groups in total. The van der Waals surface area contributed by atoms with Crippen LogP contribution in [0.25, 0.3) is 21.3 Å². The van der Waals surface area contributed by atoms with E-state index in [2.05, 4.69) is 15.6 Å². The van der Waals surface area contributed by atoms with Crippen LogP contribution in [0.5, 0.6) is 5.75 Å². The van der Waals surface area contributed by atoms with Gasteiger partial charge in [0.05, 0.1) is 33.6 Å². The van der Waals surface area contributed by atoms with Crippen LogP contribution in [0.3, 0.4) is 0 Å². The van der Waals surface area contributed by atoms with E-state index >= 15 is 4.39 Å². The Bertz CT molecular complexity index is 3180. The van der Waals surface area contributed by atoms with Gasteiger partial charge in [0, 0.05) is 63.2 Å². The minimum absolute atomic E-state index is 0.00356. The second kappa shape index (κ2) is 21.5. The van der Waals surface area contributed by atoms with Crippen molar-refractivity contribution < 1.29 is 48.1 Å². The molecule has 0 saturated carbocycles. The van der Waals surface area contributed by atoms with Crippen molar-refractivity contribution >= 4 is 73.6 Å². The van der Waals surface area contributed by atoms with E-state index in [0.29, 0.717) is 86.5 Å². The van der Waals surface area contributed by atoms with Crippen LogP contribution in [0.2, 0.25) is 0 Å². The lowest BCUT2D eigenvalue weighted by atomic mass is 9.94. The molecule has 6 aromatic rings. The third-order valence-corrected chi connectivity index (χ3v) is 15.3. The van der Waals surface area contributed by atoms with E-state index in [1.165, 1.54) is 17.4 Å². The van der Waals surface area contributed by atoms with Gasteiger partial charge in [-0.1, -0.05) is 67.0 Å². The Hall–Kier alpha value is -7.61. The zero-order valence-electron chi connectivity index (χ0n) is 40.8. The first kappa shape index (κ1) is 49.9. The summed E-state index contributed by atoms with van der Waals surface area (Å²) in [6, 6.07) is 24.1. The summed E-state index contributed by atoms with van der Waals surface area (Å²) in [5, 5.41) is 26.9. The van der Waals surface area contributed by atoms with Crippen LogP contribution in [-0.2, 0) is 27.3 Å². The van der Waals surface area contributed by atoms with Gasteiger partial charge >= 0.3 is 0 Å². The lowest BCUT2D eigenvalue weighted by Crippen LogP contribution is -2.54. The smallest absolute Gasteiger partial charge is 0.262 e. The number of unbranched alkanes of at least 4 members (excludes halogenated alkanes) is 4. The van der Waals surface area contributed by atoms with Gasteiger partial charge in [-0.3, -0.25) is 44.3 Å². The van der Waals surface area contributed by atoms with E-state index in [-0.39, 0.29) is 47.2 Å². The Morgan fingerprint density at radius 1 is 0.811 bits per heavy atom. The Morgan fingerprint density at radius 2 is 1.57 bits per heavy atom. The third kappa shape index (κ3) is 10.2. The molecule has 2 saturated heterocycles. The molecule has 0 radical (unpaired) electrons. The highest BCUT2D eigenvalue weighted by molar-refractivity contribution is 7.22. The Balaban J connectivity index is 0.672. The number of aromatic nitrogens is 2. The number of carbonyl (C=O) groups is 6. The number of anilines is 3. The number of carbonyl (C=O) groups excluding carboxylic acids is 6. The van der Waals surface area contributed by atoms with E-state index in [4.69, 9.17) is 9.72 Å². The molecule has 17 nitrogen and oxygen atoms in total. The number of hydrogen-bond donors (Lipinski definition) is 4. The summed E-state index contributed by atoms with van der Waals surface area (Å²) in [4.78, 5) is 93.0. The SMILES string of the molecule is Cc1c(OCCCCCCCC(=O)N2CCN(c3cc4c(cc3F)C(=O)N(C3CCC(=O)NC3=O)C4=O)CC2)cccc1-c1ccc(N2CCc3cccc(C(=O)Nc4nc5ccccc5s4)c3C2)nc1C(O)O. The van der Waals surface area contributed by atoms with E-state index in [1.807, 2.05) is 84.6 Å². The van der Waals surface area contributed by atoms with Crippen molar-refractivity contribution in [3.05, 3.63) is 130 Å². The van der Waals surface area contributed by atoms with Gasteiger partial charge in [-0.05, 0) is 103 Å². The average molecular weight is 1020 g/mol. The zero-order chi connectivity index (χ0) is 51.6. The molecule has 1 atom stereocenters. The highest BCUT2D eigenvalue weighted by atomic mass is 32.1. The van der Waals surface area contributed by atoms with Gasteiger partial charge in [-0.2, -0.15) is 0 Å². The number of benzene rings is 4. The van der Waals surface area contributed by atoms with Crippen LogP contribution in [-0.4, -0.2) is 111 Å². The lowest BCUT2D eigenvalue weighted by molar-refractivity contribution is -0.136. The summed E-state index contributed by atoms with van der Waals surface area (Å²) >= 11 is 1.42. The number of halogens is 1. The quantitative estimate of drug-likeness (QED) is 0.0434. The second-order valence-corrected chi connectivity index (χ2v) is 20.0. The van der Waals surface area contributed by atoms with Gasteiger partial charge in [-0.15, -0.1) is 0 Å². The normalized spacial score (nSPS) is 16.7. The molecule has 0 aliphatic carbocycles. The molecule has 6 heterocycles. The summed E-state index contributed by atoms with van der Waals surface area (Å²) in [6.45, 7) is 4.86. The molecule has 2 fully saturated rings. The molecule has 382 valence electrons. The topological polar surface area (TPSA) is 215 Å². The number of fused-ring (bicyclic) bond motifs is 3. The first-order valence-corrected chi connectivity index (χ1v) is 25.8. The van der Waals surface area contributed by atoms with Gasteiger partial charge in [0.15, 0.2) is 11.4 Å². The van der Waals surface area contributed by atoms with E-state index in [9.17, 15) is 39.0 Å². The number of aliphatic hydroxyl groups is 2. The fourth-order valence-electron chi connectivity index (χ4n) is 10.4. The van der Waals surface area contributed by atoms with Gasteiger partial charge in [0.1, 0.15) is 29.1 Å². The van der Waals surface area contributed by atoms with Crippen molar-refractivity contribution in [2.75, 3.05) is 54.4 Å². The zero-order valence-corrected chi connectivity index (χ0v) is 41.6. The van der Waals surface area contributed by atoms with Crippen molar-refractivity contribution in [1.82, 2.24) is 25.1 Å². The number of para-hydroxylation sites is 1. The number of piperidine rings is 1. The summed E-state index contributed by atoms with van der Waals surface area (Å²) in [6.07, 6.45) is 3.42. The van der Waals surface area contributed by atoms with Gasteiger partial charge in [0.25, 0.3) is 17.7 Å². The van der Waals surface area contributed by atoms with E-state index < -0.39 is 41.8 Å². The molecule has 0 bridgehead atoms. The maximum atomic E-state index is 15.4. The maximum Gasteiger partial charge on any atom is 0.262 e. The molecular formula is C55H55FN8O9S. The molecule has 6 amide bonds. The molecule has 0 spiro atoms. The summed E-state index contributed by atoms with van der Waals surface area (Å²) in [7, 11) is 0. The first-order chi connectivity index (χ1) is 35.8. The third-order valence-electron chi connectivity index (χ3n) is 14.4. The molecule has 4 aliphatic heterocycles. The number of piperazine rings is 1. The van der Waals surface area contributed by atoms with Crippen molar-refractivity contribution in [3.8, 4) is 16.9 Å². The molecule has 4 aliphatic rings. The van der Waals surface area contributed by atoms with Crippen LogP contribution in [0.4, 0.5) is 21.0 Å². The number of hydrogen-bond acceptors (Lipinski definition) is 14. The minimum atomic E-state index is -1.85. The molecule has 74 heavy (non-hydrogen) atoms. The van der Waals surface area contributed by atoms with Gasteiger partial charge < -0.3 is 29.6 Å². The highest BCUT2D eigenvalue weighted by Crippen LogP contribution is 2.37. The number of rotatable bonds is 16. The molecule has 19 heteroatoms. The number of imide groups is 2. The fourth-order valence-corrected chi connectivity index (χ4v) is 11.2. The van der Waals surface area contributed by atoms with Gasteiger partial charge in [-0.25, -0.2) is 14.4 Å². The summed E-state index contributed by atoms with van der Waals surface area (Å²) < 4.78 is 22.7. The average Bonchev–Trinajstić information content (AvgIpc) is 3.92. The largest absolute Gasteiger partial charge is 0.493 e. The molecular weight excluding hydrogens is 968 g/mol. The summed E-state index contributed by atoms with van der Waals surface area (Å²) in [5.41, 5.74) is 5.65. The molecule has 4 aromatic carbocycles. The molecule has 10 rings (SSSR count). The molecule has 2 aromatic heterocycles. The van der Waals surface area contributed by atoms with Crippen LogP contribution in [0, 0.1) is 12.7 Å². The first-order valence-electron chi connectivity index (χ1n) is 25.0. The predicted octanol–water partition coefficient (Wildman–Crippen LogP) is 7.07. The Morgan fingerprint density at radius 3 is 2.35 bits per heavy atom. The van der Waals surface area contributed by atoms with E-state index in [0.717, 1.165) is 75.5 Å². The Labute approximate surface area is 429 Å². The number of aliphatic hydroxyl groups excluding tert-OH is 1. The van der Waals surface area contributed by atoms with Crippen molar-refractivity contribution in [1.29, 1.82) is 0 Å². The van der Waals surface area contributed by atoms with Crippen LogP contribution in [0.1, 0.15) is 111 Å².